The quantitative estimate of drug-likeness (QED) is 0.750. The van der Waals surface area contributed by atoms with Crippen LogP contribution in [0.2, 0.25) is 0 Å². The van der Waals surface area contributed by atoms with E-state index in [-0.39, 0.29) is 18.8 Å². The molecule has 1 aliphatic heterocycles. The van der Waals surface area contributed by atoms with Crippen LogP contribution in [0.1, 0.15) is 52.0 Å². The normalized spacial score (nSPS) is 15.3. The highest BCUT2D eigenvalue weighted by Crippen LogP contribution is 2.23. The van der Waals surface area contributed by atoms with Gasteiger partial charge in [0.25, 0.3) is 0 Å². The summed E-state index contributed by atoms with van der Waals surface area (Å²) in [4.78, 5) is 25.6. The van der Waals surface area contributed by atoms with Crippen molar-refractivity contribution >= 4 is 12.2 Å². The van der Waals surface area contributed by atoms with Crippen molar-refractivity contribution in [2.24, 2.45) is 5.92 Å². The van der Waals surface area contributed by atoms with Crippen LogP contribution in [0.5, 0.6) is 0 Å². The first-order valence-corrected chi connectivity index (χ1v) is 9.76. The molecule has 1 heterocycles. The number of likely N-dealkylation sites (tertiary alicyclic amines) is 1. The summed E-state index contributed by atoms with van der Waals surface area (Å²) in [6, 6.07) is 9.63. The first-order chi connectivity index (χ1) is 12.8. The summed E-state index contributed by atoms with van der Waals surface area (Å²) in [7, 11) is 0. The molecule has 0 aromatic heterocycles. The number of ether oxygens (including phenoxy) is 2. The van der Waals surface area contributed by atoms with Crippen LogP contribution in [0.15, 0.2) is 30.3 Å². The number of hydrogen-bond acceptors (Lipinski definition) is 4. The van der Waals surface area contributed by atoms with E-state index in [1.807, 2.05) is 51.1 Å². The molecule has 1 aromatic rings. The number of piperidine rings is 1. The van der Waals surface area contributed by atoms with Gasteiger partial charge in [-0.2, -0.15) is 0 Å². The van der Waals surface area contributed by atoms with Gasteiger partial charge in [0.1, 0.15) is 12.2 Å². The van der Waals surface area contributed by atoms with E-state index in [1.54, 1.807) is 4.90 Å². The van der Waals surface area contributed by atoms with Gasteiger partial charge in [0.2, 0.25) is 0 Å². The first-order valence-electron chi connectivity index (χ1n) is 9.76. The number of carbonyl (C=O) groups excluding carboxylic acids is 2. The molecule has 2 rings (SSSR count). The van der Waals surface area contributed by atoms with Gasteiger partial charge in [-0.25, -0.2) is 9.59 Å². The Hall–Kier alpha value is -2.24. The Morgan fingerprint density at radius 2 is 1.81 bits per heavy atom. The first kappa shape index (κ1) is 21.1. The van der Waals surface area contributed by atoms with Crippen molar-refractivity contribution in [2.75, 3.05) is 19.6 Å². The molecule has 6 heteroatoms. The lowest BCUT2D eigenvalue weighted by Gasteiger charge is -2.33. The molecule has 0 saturated carbocycles. The van der Waals surface area contributed by atoms with Gasteiger partial charge in [-0.05, 0) is 57.9 Å². The van der Waals surface area contributed by atoms with Crippen molar-refractivity contribution in [1.82, 2.24) is 10.2 Å². The molecule has 2 amide bonds. The second-order valence-corrected chi connectivity index (χ2v) is 8.04. The number of nitrogens with one attached hydrogen (secondary N) is 1. The summed E-state index contributed by atoms with van der Waals surface area (Å²) in [5, 5.41) is 2.80. The summed E-state index contributed by atoms with van der Waals surface area (Å²) >= 11 is 0. The minimum atomic E-state index is -0.450. The van der Waals surface area contributed by atoms with Crippen LogP contribution in [0.4, 0.5) is 9.59 Å². The van der Waals surface area contributed by atoms with Gasteiger partial charge in [-0.15, -0.1) is 0 Å². The van der Waals surface area contributed by atoms with Gasteiger partial charge in [-0.1, -0.05) is 30.3 Å². The lowest BCUT2D eigenvalue weighted by Crippen LogP contribution is -2.41. The lowest BCUT2D eigenvalue weighted by atomic mass is 9.92. The molecule has 0 spiro atoms. The summed E-state index contributed by atoms with van der Waals surface area (Å²) in [5.74, 6) is 0.589. The molecule has 1 aliphatic rings. The number of hydrogen-bond donors (Lipinski definition) is 1. The zero-order valence-corrected chi connectivity index (χ0v) is 16.7. The molecule has 150 valence electrons. The molecule has 0 radical (unpaired) electrons. The third kappa shape index (κ3) is 8.33. The van der Waals surface area contributed by atoms with Crippen LogP contribution in [0.3, 0.4) is 0 Å². The highest BCUT2D eigenvalue weighted by molar-refractivity contribution is 5.68. The third-order valence-corrected chi connectivity index (χ3v) is 4.54. The van der Waals surface area contributed by atoms with E-state index in [4.69, 9.17) is 9.47 Å². The number of benzene rings is 1. The van der Waals surface area contributed by atoms with Crippen LogP contribution < -0.4 is 5.32 Å². The van der Waals surface area contributed by atoms with Gasteiger partial charge in [0.15, 0.2) is 0 Å². The van der Waals surface area contributed by atoms with Gasteiger partial charge in [0.05, 0.1) is 0 Å². The maximum atomic E-state index is 12.1. The van der Waals surface area contributed by atoms with E-state index >= 15 is 0 Å². The number of nitrogens with zero attached hydrogens (tertiary/aromatic N) is 1. The molecule has 1 N–H and O–H groups in total. The molecule has 1 aromatic carbocycles. The fraction of sp³-hybridized carbons (Fsp3) is 0.619. The second-order valence-electron chi connectivity index (χ2n) is 8.04. The van der Waals surface area contributed by atoms with Crippen molar-refractivity contribution in [1.29, 1.82) is 0 Å². The standard InChI is InChI=1S/C21H32N2O4/c1-21(2,3)27-20(25)23-14-11-17(12-15-23)10-7-13-22-19(24)26-16-18-8-5-4-6-9-18/h4-6,8-9,17H,7,10-16H2,1-3H3,(H,22,24). The minimum Gasteiger partial charge on any atom is -0.445 e. The number of alkyl carbamates (subject to hydrolysis) is 1. The van der Waals surface area contributed by atoms with Crippen LogP contribution in [0, 0.1) is 5.92 Å². The smallest absolute Gasteiger partial charge is 0.410 e. The Bertz CT molecular complexity index is 590. The molecule has 27 heavy (non-hydrogen) atoms. The molecule has 1 fully saturated rings. The van der Waals surface area contributed by atoms with Crippen molar-refractivity contribution in [2.45, 2.75) is 58.7 Å². The van der Waals surface area contributed by atoms with Gasteiger partial charge in [0, 0.05) is 19.6 Å². The fourth-order valence-corrected chi connectivity index (χ4v) is 3.09. The SMILES string of the molecule is CC(C)(C)OC(=O)N1CCC(CCCNC(=O)OCc2ccccc2)CC1. The summed E-state index contributed by atoms with van der Waals surface area (Å²) < 4.78 is 10.6. The maximum absolute atomic E-state index is 12.1. The predicted molar refractivity (Wildman–Crippen MR) is 104 cm³/mol. The fourth-order valence-electron chi connectivity index (χ4n) is 3.09. The van der Waals surface area contributed by atoms with E-state index in [0.717, 1.165) is 44.3 Å². The largest absolute Gasteiger partial charge is 0.445 e. The van der Waals surface area contributed by atoms with Crippen molar-refractivity contribution < 1.29 is 19.1 Å². The third-order valence-electron chi connectivity index (χ3n) is 4.54. The molecule has 1 saturated heterocycles. The van der Waals surface area contributed by atoms with E-state index in [1.165, 1.54) is 0 Å². The molecular formula is C21H32N2O4. The molecule has 0 unspecified atom stereocenters. The summed E-state index contributed by atoms with van der Waals surface area (Å²) in [6.07, 6.45) is 3.33. The van der Waals surface area contributed by atoms with Crippen molar-refractivity contribution in [3.8, 4) is 0 Å². The Morgan fingerprint density at radius 3 is 2.44 bits per heavy atom. The summed E-state index contributed by atoms with van der Waals surface area (Å²) in [5.41, 5.74) is 0.527. The zero-order valence-electron chi connectivity index (χ0n) is 16.7. The van der Waals surface area contributed by atoms with E-state index in [2.05, 4.69) is 5.32 Å². The Labute approximate surface area is 162 Å². The van der Waals surface area contributed by atoms with Gasteiger partial charge >= 0.3 is 12.2 Å². The predicted octanol–water partition coefficient (Wildman–Crippen LogP) is 4.34. The number of carbonyl (C=O) groups is 2. The average molecular weight is 376 g/mol. The number of amides is 2. The van der Waals surface area contributed by atoms with E-state index in [9.17, 15) is 9.59 Å². The second kappa shape index (κ2) is 10.2. The van der Waals surface area contributed by atoms with Crippen molar-refractivity contribution in [3.63, 3.8) is 0 Å². The van der Waals surface area contributed by atoms with Gasteiger partial charge in [-0.3, -0.25) is 0 Å². The molecule has 0 bridgehead atoms. The van der Waals surface area contributed by atoms with Crippen LogP contribution in [-0.2, 0) is 16.1 Å². The highest BCUT2D eigenvalue weighted by atomic mass is 16.6. The lowest BCUT2D eigenvalue weighted by molar-refractivity contribution is 0.0180. The zero-order chi connectivity index (χ0) is 19.7. The van der Waals surface area contributed by atoms with Crippen LogP contribution in [-0.4, -0.2) is 42.3 Å². The van der Waals surface area contributed by atoms with E-state index < -0.39 is 5.60 Å². The summed E-state index contributed by atoms with van der Waals surface area (Å²) in [6.45, 7) is 8.04. The highest BCUT2D eigenvalue weighted by Gasteiger charge is 2.26. The average Bonchev–Trinajstić information content (AvgIpc) is 2.63. The Morgan fingerprint density at radius 1 is 1.15 bits per heavy atom. The van der Waals surface area contributed by atoms with Crippen LogP contribution in [0.25, 0.3) is 0 Å². The molecule has 6 nitrogen and oxygen atoms in total. The van der Waals surface area contributed by atoms with Crippen molar-refractivity contribution in [3.05, 3.63) is 35.9 Å². The monoisotopic (exact) mass is 376 g/mol. The Balaban J connectivity index is 1.54. The maximum Gasteiger partial charge on any atom is 0.410 e. The topological polar surface area (TPSA) is 67.9 Å². The minimum absolute atomic E-state index is 0.219. The van der Waals surface area contributed by atoms with Crippen LogP contribution >= 0.6 is 0 Å². The molecule has 0 atom stereocenters. The molecular weight excluding hydrogens is 344 g/mol. The van der Waals surface area contributed by atoms with Gasteiger partial charge < -0.3 is 19.7 Å². The van der Waals surface area contributed by atoms with E-state index in [0.29, 0.717) is 12.5 Å². The molecule has 0 aliphatic carbocycles. The number of rotatable bonds is 6. The Kier molecular flexibility index (Phi) is 7.95.